The van der Waals surface area contributed by atoms with E-state index in [1.807, 2.05) is 0 Å². The number of H-pyrrole nitrogens is 1. The zero-order valence-corrected chi connectivity index (χ0v) is 16.2. The third-order valence-corrected chi connectivity index (χ3v) is 5.39. The van der Waals surface area contributed by atoms with E-state index in [1.165, 1.54) is 37.4 Å². The number of benzene rings is 2. The number of amides is 1. The van der Waals surface area contributed by atoms with Crippen LogP contribution in [0, 0.1) is 0 Å². The average Bonchev–Trinajstić information content (AvgIpc) is 3.14. The van der Waals surface area contributed by atoms with E-state index in [4.69, 9.17) is 0 Å². The summed E-state index contributed by atoms with van der Waals surface area (Å²) < 4.78 is 44.7. The molecule has 160 valence electrons. The van der Waals surface area contributed by atoms with Crippen LogP contribution in [0.4, 0.5) is 13.2 Å². The molecule has 1 aliphatic heterocycles. The maximum atomic E-state index is 13.4. The first-order chi connectivity index (χ1) is 14.7. The predicted molar refractivity (Wildman–Crippen MR) is 106 cm³/mol. The van der Waals surface area contributed by atoms with Gasteiger partial charge in [0.15, 0.2) is 0 Å². The monoisotopic (exact) mass is 430 g/mol. The molecule has 31 heavy (non-hydrogen) atoms. The fourth-order valence-electron chi connectivity index (χ4n) is 3.86. The molecule has 1 amide bonds. The number of halogens is 3. The van der Waals surface area contributed by atoms with Gasteiger partial charge in [0.1, 0.15) is 6.04 Å². The molecule has 2 heterocycles. The minimum atomic E-state index is -4.57. The Kier molecular flexibility index (Phi) is 5.04. The Morgan fingerprint density at radius 2 is 1.84 bits per heavy atom. The van der Waals surface area contributed by atoms with Crippen LogP contribution in [-0.4, -0.2) is 30.0 Å². The number of methoxy groups -OCH3 is 1. The minimum Gasteiger partial charge on any atom is -0.467 e. The Hall–Kier alpha value is -3.62. The zero-order valence-electron chi connectivity index (χ0n) is 16.2. The summed E-state index contributed by atoms with van der Waals surface area (Å²) in [4.78, 5) is 39.2. The lowest BCUT2D eigenvalue weighted by Gasteiger charge is -2.14. The summed E-state index contributed by atoms with van der Waals surface area (Å²) >= 11 is 0. The Morgan fingerprint density at radius 1 is 1.10 bits per heavy atom. The van der Waals surface area contributed by atoms with Crippen LogP contribution in [0.5, 0.6) is 0 Å². The lowest BCUT2D eigenvalue weighted by atomic mass is 9.93. The molecule has 0 radical (unpaired) electrons. The first kappa shape index (κ1) is 20.6. The second-order valence-corrected chi connectivity index (χ2v) is 7.27. The molecule has 0 spiro atoms. The molecule has 0 aliphatic carbocycles. The van der Waals surface area contributed by atoms with E-state index in [2.05, 4.69) is 15.0 Å². The van der Waals surface area contributed by atoms with Gasteiger partial charge in [-0.2, -0.15) is 13.2 Å². The van der Waals surface area contributed by atoms with Gasteiger partial charge >= 0.3 is 12.1 Å². The highest BCUT2D eigenvalue weighted by atomic mass is 19.4. The van der Waals surface area contributed by atoms with Crippen molar-refractivity contribution in [1.29, 1.82) is 0 Å². The minimum absolute atomic E-state index is 0.0440. The number of fused-ring (bicyclic) bond motifs is 1. The van der Waals surface area contributed by atoms with Crippen LogP contribution in [0.15, 0.2) is 53.3 Å². The number of nitrogens with one attached hydrogen (secondary N) is 2. The number of rotatable bonds is 3. The molecule has 9 heteroatoms. The number of alkyl halides is 3. The Balaban J connectivity index is 1.75. The fourth-order valence-corrected chi connectivity index (χ4v) is 3.86. The molecular formula is C22H17F3N2O4. The molecule has 2 atom stereocenters. The largest absolute Gasteiger partial charge is 0.467 e. The number of aromatic nitrogens is 1. The summed E-state index contributed by atoms with van der Waals surface area (Å²) in [5.41, 5.74) is -0.977. The molecule has 1 saturated heterocycles. The molecule has 1 aliphatic rings. The van der Waals surface area contributed by atoms with Crippen molar-refractivity contribution in [2.45, 2.75) is 24.6 Å². The lowest BCUT2D eigenvalue weighted by Crippen LogP contribution is -2.33. The molecule has 2 N–H and O–H groups in total. The van der Waals surface area contributed by atoms with Crippen LogP contribution in [0.3, 0.4) is 0 Å². The second kappa shape index (κ2) is 7.57. The van der Waals surface area contributed by atoms with Gasteiger partial charge in [0, 0.05) is 16.6 Å². The standard InChI is InChI=1S/C22H17F3N2O4/c1-31-21(30)18-10-15(20(29)27-18)11-6-7-12-9-17(26-19(28)14(12)8-11)13-4-2-3-5-16(13)22(23,24)25/h2-9,15,18H,10H2,1H3,(H,26,28)(H,27,29)/t15-,18?/m0/s1. The van der Waals surface area contributed by atoms with Gasteiger partial charge in [0.05, 0.1) is 18.6 Å². The number of pyridine rings is 1. The predicted octanol–water partition coefficient (Wildman–Crippen LogP) is 3.36. The van der Waals surface area contributed by atoms with Crippen molar-refractivity contribution in [2.75, 3.05) is 7.11 Å². The highest BCUT2D eigenvalue weighted by Crippen LogP contribution is 2.37. The molecule has 1 unspecified atom stereocenters. The van der Waals surface area contributed by atoms with E-state index in [9.17, 15) is 27.6 Å². The number of carbonyl (C=O) groups excluding carboxylic acids is 2. The van der Waals surface area contributed by atoms with E-state index in [-0.39, 0.29) is 29.0 Å². The van der Waals surface area contributed by atoms with Crippen molar-refractivity contribution in [3.63, 3.8) is 0 Å². The van der Waals surface area contributed by atoms with Gasteiger partial charge in [-0.15, -0.1) is 0 Å². The summed E-state index contributed by atoms with van der Waals surface area (Å²) in [6.07, 6.45) is -4.38. The fraction of sp³-hybridized carbons (Fsp3) is 0.227. The summed E-state index contributed by atoms with van der Waals surface area (Å²) in [6, 6.07) is 10.4. The van der Waals surface area contributed by atoms with E-state index < -0.39 is 35.2 Å². The van der Waals surface area contributed by atoms with Crippen molar-refractivity contribution in [3.05, 3.63) is 70.0 Å². The van der Waals surface area contributed by atoms with Crippen LogP contribution >= 0.6 is 0 Å². The van der Waals surface area contributed by atoms with Crippen LogP contribution < -0.4 is 10.9 Å². The highest BCUT2D eigenvalue weighted by Gasteiger charge is 2.38. The maximum absolute atomic E-state index is 13.4. The number of esters is 1. The molecule has 2 aromatic carbocycles. The SMILES string of the molecule is COC(=O)C1C[C@@H](c2ccc3cc(-c4ccccc4C(F)(F)F)[nH]c(=O)c3c2)C(=O)N1. The van der Waals surface area contributed by atoms with E-state index in [0.29, 0.717) is 10.9 Å². The average molecular weight is 430 g/mol. The quantitative estimate of drug-likeness (QED) is 0.624. The number of hydrogen-bond acceptors (Lipinski definition) is 4. The van der Waals surface area contributed by atoms with Crippen molar-refractivity contribution < 1.29 is 27.5 Å². The first-order valence-corrected chi connectivity index (χ1v) is 9.41. The lowest BCUT2D eigenvalue weighted by molar-refractivity contribution is -0.143. The van der Waals surface area contributed by atoms with E-state index in [1.54, 1.807) is 12.1 Å². The van der Waals surface area contributed by atoms with Gasteiger partial charge in [-0.05, 0) is 35.6 Å². The van der Waals surface area contributed by atoms with Crippen LogP contribution in [0.25, 0.3) is 22.0 Å². The van der Waals surface area contributed by atoms with Gasteiger partial charge in [-0.3, -0.25) is 9.59 Å². The Morgan fingerprint density at radius 3 is 2.55 bits per heavy atom. The van der Waals surface area contributed by atoms with Crippen molar-refractivity contribution in [1.82, 2.24) is 10.3 Å². The van der Waals surface area contributed by atoms with Crippen molar-refractivity contribution >= 4 is 22.6 Å². The number of ether oxygens (including phenoxy) is 1. The first-order valence-electron chi connectivity index (χ1n) is 9.41. The molecule has 1 aromatic heterocycles. The van der Waals surface area contributed by atoms with Crippen molar-refractivity contribution in [2.24, 2.45) is 0 Å². The summed E-state index contributed by atoms with van der Waals surface area (Å²) in [6.45, 7) is 0. The van der Waals surface area contributed by atoms with Crippen LogP contribution in [-0.2, 0) is 20.5 Å². The Labute approximate surface area is 174 Å². The molecule has 4 rings (SSSR count). The number of hydrogen-bond donors (Lipinski definition) is 2. The molecule has 3 aromatic rings. The molecule has 6 nitrogen and oxygen atoms in total. The van der Waals surface area contributed by atoms with Crippen molar-refractivity contribution in [3.8, 4) is 11.3 Å². The van der Waals surface area contributed by atoms with Gasteiger partial charge in [0.2, 0.25) is 5.91 Å². The Bertz CT molecular complexity index is 1250. The normalized spacial score (nSPS) is 18.8. The molecular weight excluding hydrogens is 413 g/mol. The van der Waals surface area contributed by atoms with E-state index in [0.717, 1.165) is 6.07 Å². The molecule has 0 bridgehead atoms. The van der Waals surface area contributed by atoms with Crippen LogP contribution in [0.2, 0.25) is 0 Å². The van der Waals surface area contributed by atoms with Crippen LogP contribution in [0.1, 0.15) is 23.5 Å². The topological polar surface area (TPSA) is 88.3 Å². The third-order valence-electron chi connectivity index (χ3n) is 5.39. The molecule has 0 saturated carbocycles. The summed E-state index contributed by atoms with van der Waals surface area (Å²) in [5.74, 6) is -1.55. The highest BCUT2D eigenvalue weighted by molar-refractivity contribution is 5.94. The van der Waals surface area contributed by atoms with E-state index >= 15 is 0 Å². The molecule has 1 fully saturated rings. The summed E-state index contributed by atoms with van der Waals surface area (Å²) in [5, 5.41) is 3.23. The third kappa shape index (κ3) is 3.78. The van der Waals surface area contributed by atoms with Gasteiger partial charge < -0.3 is 15.0 Å². The number of carbonyl (C=O) groups is 2. The van der Waals surface area contributed by atoms with Gasteiger partial charge in [0.25, 0.3) is 5.56 Å². The number of aromatic amines is 1. The second-order valence-electron chi connectivity index (χ2n) is 7.27. The van der Waals surface area contributed by atoms with Gasteiger partial charge in [-0.25, -0.2) is 4.79 Å². The summed E-state index contributed by atoms with van der Waals surface area (Å²) in [7, 11) is 1.23. The zero-order chi connectivity index (χ0) is 22.3. The smallest absolute Gasteiger partial charge is 0.417 e. The van der Waals surface area contributed by atoms with Gasteiger partial charge in [-0.1, -0.05) is 30.3 Å². The maximum Gasteiger partial charge on any atom is 0.417 e.